The highest BCUT2D eigenvalue weighted by atomic mass is 79.9. The summed E-state index contributed by atoms with van der Waals surface area (Å²) in [7, 11) is 0. The van der Waals surface area contributed by atoms with Gasteiger partial charge in [-0.25, -0.2) is 4.98 Å². The molecule has 0 unspecified atom stereocenters. The van der Waals surface area contributed by atoms with E-state index in [0.29, 0.717) is 6.04 Å². The molecule has 1 fully saturated rings. The van der Waals surface area contributed by atoms with E-state index in [0.717, 1.165) is 36.2 Å². The SMILES string of the molecule is Cl.Fc1ccc(N2CC[C@H](NCc3cccc(Br)c3)C2)cn1. The van der Waals surface area contributed by atoms with Gasteiger partial charge in [-0.05, 0) is 36.2 Å². The van der Waals surface area contributed by atoms with E-state index in [1.807, 2.05) is 12.1 Å². The van der Waals surface area contributed by atoms with E-state index < -0.39 is 5.95 Å². The Hall–Kier alpha value is -1.17. The third kappa shape index (κ3) is 4.41. The fourth-order valence-electron chi connectivity index (χ4n) is 2.63. The Balaban J connectivity index is 0.00000176. The first-order valence-corrected chi connectivity index (χ1v) is 7.84. The van der Waals surface area contributed by atoms with Crippen LogP contribution in [0.25, 0.3) is 0 Å². The second-order valence-electron chi connectivity index (χ2n) is 5.28. The molecule has 1 atom stereocenters. The van der Waals surface area contributed by atoms with Crippen LogP contribution < -0.4 is 10.2 Å². The van der Waals surface area contributed by atoms with Gasteiger partial charge in [0, 0.05) is 30.1 Å². The molecule has 118 valence electrons. The minimum absolute atomic E-state index is 0. The van der Waals surface area contributed by atoms with E-state index in [2.05, 4.69) is 43.3 Å². The number of benzene rings is 1. The average molecular weight is 387 g/mol. The first-order valence-electron chi connectivity index (χ1n) is 7.05. The van der Waals surface area contributed by atoms with Crippen LogP contribution in [0.5, 0.6) is 0 Å². The molecule has 2 aromatic rings. The number of hydrogen-bond donors (Lipinski definition) is 1. The normalized spacial score (nSPS) is 17.4. The highest BCUT2D eigenvalue weighted by molar-refractivity contribution is 9.10. The molecule has 3 rings (SSSR count). The number of hydrogen-bond acceptors (Lipinski definition) is 3. The second kappa shape index (κ2) is 7.90. The summed E-state index contributed by atoms with van der Waals surface area (Å²) in [5.74, 6) is -0.428. The molecule has 0 aliphatic carbocycles. The highest BCUT2D eigenvalue weighted by Gasteiger charge is 2.22. The van der Waals surface area contributed by atoms with Gasteiger partial charge in [0.05, 0.1) is 11.9 Å². The van der Waals surface area contributed by atoms with E-state index in [1.165, 1.54) is 11.6 Å². The first-order chi connectivity index (χ1) is 10.2. The van der Waals surface area contributed by atoms with Crippen molar-refractivity contribution in [3.63, 3.8) is 0 Å². The van der Waals surface area contributed by atoms with E-state index in [-0.39, 0.29) is 12.4 Å². The fraction of sp³-hybridized carbons (Fsp3) is 0.312. The highest BCUT2D eigenvalue weighted by Crippen LogP contribution is 2.20. The molecule has 22 heavy (non-hydrogen) atoms. The lowest BCUT2D eigenvalue weighted by molar-refractivity contribution is 0.551. The van der Waals surface area contributed by atoms with Crippen LogP contribution in [-0.4, -0.2) is 24.1 Å². The lowest BCUT2D eigenvalue weighted by Gasteiger charge is -2.18. The zero-order valence-electron chi connectivity index (χ0n) is 12.0. The lowest BCUT2D eigenvalue weighted by atomic mass is 10.2. The molecule has 1 aliphatic rings. The Labute approximate surface area is 144 Å². The molecule has 0 saturated carbocycles. The number of anilines is 1. The van der Waals surface area contributed by atoms with Crippen molar-refractivity contribution >= 4 is 34.0 Å². The third-order valence-electron chi connectivity index (χ3n) is 3.75. The van der Waals surface area contributed by atoms with Crippen LogP contribution in [0.15, 0.2) is 47.1 Å². The molecule has 1 aliphatic heterocycles. The van der Waals surface area contributed by atoms with Crippen LogP contribution >= 0.6 is 28.3 Å². The Morgan fingerprint density at radius 2 is 2.18 bits per heavy atom. The maximum Gasteiger partial charge on any atom is 0.212 e. The van der Waals surface area contributed by atoms with Gasteiger partial charge in [0.1, 0.15) is 0 Å². The van der Waals surface area contributed by atoms with Crippen molar-refractivity contribution < 1.29 is 4.39 Å². The Morgan fingerprint density at radius 1 is 1.32 bits per heavy atom. The van der Waals surface area contributed by atoms with Crippen LogP contribution in [0.3, 0.4) is 0 Å². The number of aromatic nitrogens is 1. The van der Waals surface area contributed by atoms with E-state index in [4.69, 9.17) is 0 Å². The maximum absolute atomic E-state index is 12.8. The topological polar surface area (TPSA) is 28.2 Å². The molecule has 1 aromatic heterocycles. The van der Waals surface area contributed by atoms with Crippen LogP contribution in [0.2, 0.25) is 0 Å². The lowest BCUT2D eigenvalue weighted by Crippen LogP contribution is -2.32. The minimum atomic E-state index is -0.428. The molecular weight excluding hydrogens is 369 g/mol. The molecule has 0 bridgehead atoms. The van der Waals surface area contributed by atoms with Gasteiger partial charge in [0.2, 0.25) is 5.95 Å². The van der Waals surface area contributed by atoms with Crippen molar-refractivity contribution in [3.05, 3.63) is 58.6 Å². The van der Waals surface area contributed by atoms with E-state index in [1.54, 1.807) is 12.3 Å². The van der Waals surface area contributed by atoms with E-state index in [9.17, 15) is 4.39 Å². The number of nitrogens with zero attached hydrogens (tertiary/aromatic N) is 2. The van der Waals surface area contributed by atoms with Gasteiger partial charge in [-0.3, -0.25) is 0 Å². The summed E-state index contributed by atoms with van der Waals surface area (Å²) in [6.45, 7) is 2.77. The molecule has 1 saturated heterocycles. The van der Waals surface area contributed by atoms with Gasteiger partial charge in [0.15, 0.2) is 0 Å². The molecule has 6 heteroatoms. The molecule has 0 amide bonds. The van der Waals surface area contributed by atoms with Crippen molar-refractivity contribution in [1.29, 1.82) is 0 Å². The standard InChI is InChI=1S/C16H17BrFN3.ClH/c17-13-3-1-2-12(8-13)9-19-14-6-7-21(11-14)15-4-5-16(18)20-10-15;/h1-5,8,10,14,19H,6-7,9,11H2;1H/t14-;/m0./s1. The Morgan fingerprint density at radius 3 is 2.91 bits per heavy atom. The zero-order valence-corrected chi connectivity index (χ0v) is 14.4. The van der Waals surface area contributed by atoms with Crippen molar-refractivity contribution in [2.45, 2.75) is 19.0 Å². The monoisotopic (exact) mass is 385 g/mol. The summed E-state index contributed by atoms with van der Waals surface area (Å²) in [6, 6.07) is 12.0. The second-order valence-corrected chi connectivity index (χ2v) is 6.20. The number of rotatable bonds is 4. The molecule has 0 spiro atoms. The fourth-order valence-corrected chi connectivity index (χ4v) is 3.07. The van der Waals surface area contributed by atoms with Crippen molar-refractivity contribution in [2.24, 2.45) is 0 Å². The molecule has 1 aromatic carbocycles. The number of halogens is 3. The Kier molecular flexibility index (Phi) is 6.17. The van der Waals surface area contributed by atoms with Crippen molar-refractivity contribution in [1.82, 2.24) is 10.3 Å². The zero-order chi connectivity index (χ0) is 14.7. The van der Waals surface area contributed by atoms with Crippen LogP contribution in [-0.2, 0) is 6.54 Å². The van der Waals surface area contributed by atoms with Gasteiger partial charge in [-0.15, -0.1) is 12.4 Å². The van der Waals surface area contributed by atoms with Crippen LogP contribution in [0.1, 0.15) is 12.0 Å². The molecule has 2 heterocycles. The summed E-state index contributed by atoms with van der Waals surface area (Å²) in [5.41, 5.74) is 2.26. The third-order valence-corrected chi connectivity index (χ3v) is 4.24. The van der Waals surface area contributed by atoms with Crippen LogP contribution in [0.4, 0.5) is 10.1 Å². The van der Waals surface area contributed by atoms with Gasteiger partial charge in [0.25, 0.3) is 0 Å². The van der Waals surface area contributed by atoms with Gasteiger partial charge >= 0.3 is 0 Å². The summed E-state index contributed by atoms with van der Waals surface area (Å²) < 4.78 is 13.9. The summed E-state index contributed by atoms with van der Waals surface area (Å²) in [5, 5.41) is 3.58. The Bertz CT molecular complexity index is 609. The summed E-state index contributed by atoms with van der Waals surface area (Å²) in [6.07, 6.45) is 2.69. The molecule has 3 nitrogen and oxygen atoms in total. The largest absolute Gasteiger partial charge is 0.369 e. The van der Waals surface area contributed by atoms with Crippen LogP contribution in [0, 0.1) is 5.95 Å². The molecular formula is C16H18BrClFN3. The van der Waals surface area contributed by atoms with Gasteiger partial charge < -0.3 is 10.2 Å². The predicted octanol–water partition coefficient (Wildman–Crippen LogP) is 3.77. The van der Waals surface area contributed by atoms with Crippen molar-refractivity contribution in [2.75, 3.05) is 18.0 Å². The molecule has 0 radical (unpaired) electrons. The number of nitrogens with one attached hydrogen (secondary N) is 1. The summed E-state index contributed by atoms with van der Waals surface area (Å²) >= 11 is 3.49. The smallest absolute Gasteiger partial charge is 0.212 e. The van der Waals surface area contributed by atoms with Gasteiger partial charge in [-0.2, -0.15) is 4.39 Å². The van der Waals surface area contributed by atoms with Crippen molar-refractivity contribution in [3.8, 4) is 0 Å². The first kappa shape index (κ1) is 17.2. The number of pyridine rings is 1. The quantitative estimate of drug-likeness (QED) is 0.811. The molecule has 1 N–H and O–H groups in total. The predicted molar refractivity (Wildman–Crippen MR) is 93.0 cm³/mol. The summed E-state index contributed by atoms with van der Waals surface area (Å²) in [4.78, 5) is 5.96. The minimum Gasteiger partial charge on any atom is -0.369 e. The average Bonchev–Trinajstić information content (AvgIpc) is 2.95. The maximum atomic E-state index is 12.8. The van der Waals surface area contributed by atoms with Gasteiger partial charge in [-0.1, -0.05) is 28.1 Å². The van der Waals surface area contributed by atoms with E-state index >= 15 is 0 Å².